The molecule has 144 valence electrons. The number of rotatable bonds is 4. The van der Waals surface area contributed by atoms with Crippen LogP contribution < -0.4 is 14.8 Å². The van der Waals surface area contributed by atoms with Gasteiger partial charge in [0, 0.05) is 23.5 Å². The van der Waals surface area contributed by atoms with Crippen molar-refractivity contribution in [3.05, 3.63) is 64.3 Å². The Labute approximate surface area is 168 Å². The van der Waals surface area contributed by atoms with E-state index < -0.39 is 0 Å². The van der Waals surface area contributed by atoms with E-state index in [4.69, 9.17) is 21.1 Å². The number of fused-ring (bicyclic) bond motifs is 1. The monoisotopic (exact) mass is 397 g/mol. The molecule has 28 heavy (non-hydrogen) atoms. The van der Waals surface area contributed by atoms with Crippen molar-refractivity contribution >= 4 is 23.3 Å². The van der Waals surface area contributed by atoms with Gasteiger partial charge in [-0.2, -0.15) is 5.10 Å². The van der Waals surface area contributed by atoms with E-state index in [1.165, 1.54) is 0 Å². The van der Waals surface area contributed by atoms with Crippen LogP contribution in [0.2, 0.25) is 5.02 Å². The molecule has 2 heterocycles. The lowest BCUT2D eigenvalue weighted by Gasteiger charge is -2.26. The van der Waals surface area contributed by atoms with Crippen molar-refractivity contribution in [2.24, 2.45) is 0 Å². The molecule has 3 aromatic rings. The molecule has 7 heteroatoms. The Morgan fingerprint density at radius 1 is 1.14 bits per heavy atom. The third-order valence-electron chi connectivity index (χ3n) is 4.99. The summed E-state index contributed by atoms with van der Waals surface area (Å²) in [5, 5.41) is 8.21. The highest BCUT2D eigenvalue weighted by atomic mass is 35.5. The number of anilines is 1. The Balaban J connectivity index is 1.93. The number of hydrogen-bond acceptors (Lipinski definition) is 4. The normalized spacial score (nSPS) is 15.7. The predicted octanol–water partition coefficient (Wildman–Crippen LogP) is 4.33. The summed E-state index contributed by atoms with van der Waals surface area (Å²) in [6.07, 6.45) is 0.297. The van der Waals surface area contributed by atoms with Crippen LogP contribution in [0.15, 0.2) is 42.5 Å². The highest BCUT2D eigenvalue weighted by molar-refractivity contribution is 6.32. The van der Waals surface area contributed by atoms with Crippen molar-refractivity contribution < 1.29 is 14.3 Å². The number of benzene rings is 2. The van der Waals surface area contributed by atoms with E-state index >= 15 is 0 Å². The molecule has 1 aromatic heterocycles. The number of carbonyl (C=O) groups is 1. The molecule has 6 nitrogen and oxygen atoms in total. The van der Waals surface area contributed by atoms with Crippen LogP contribution in [0.5, 0.6) is 11.5 Å². The number of hydrogen-bond donors (Lipinski definition) is 1. The van der Waals surface area contributed by atoms with Gasteiger partial charge in [-0.15, -0.1) is 0 Å². The van der Waals surface area contributed by atoms with Crippen molar-refractivity contribution in [1.29, 1.82) is 0 Å². The Morgan fingerprint density at radius 2 is 1.93 bits per heavy atom. The SMILES string of the molecule is COc1cccc([C@@H]2CC(=O)Nc3c2c(C)nn3-c2ccccc2Cl)c1OC. The van der Waals surface area contributed by atoms with Gasteiger partial charge in [0.25, 0.3) is 0 Å². The van der Waals surface area contributed by atoms with Gasteiger partial charge in [0.1, 0.15) is 5.82 Å². The lowest BCUT2D eigenvalue weighted by atomic mass is 9.85. The zero-order chi connectivity index (χ0) is 19.8. The molecule has 0 bridgehead atoms. The summed E-state index contributed by atoms with van der Waals surface area (Å²) in [4.78, 5) is 12.6. The second kappa shape index (κ2) is 7.20. The quantitative estimate of drug-likeness (QED) is 0.711. The number of para-hydroxylation sites is 2. The summed E-state index contributed by atoms with van der Waals surface area (Å²) in [6.45, 7) is 1.93. The number of nitrogens with one attached hydrogen (secondary N) is 1. The molecular formula is C21H20ClN3O3. The van der Waals surface area contributed by atoms with Crippen molar-refractivity contribution in [1.82, 2.24) is 9.78 Å². The fourth-order valence-corrected chi connectivity index (χ4v) is 4.01. The number of aromatic nitrogens is 2. The maximum atomic E-state index is 12.6. The number of nitrogens with zero attached hydrogens (tertiary/aromatic N) is 2. The highest BCUT2D eigenvalue weighted by Gasteiger charge is 2.35. The topological polar surface area (TPSA) is 65.4 Å². The minimum Gasteiger partial charge on any atom is -0.493 e. The Bertz CT molecular complexity index is 1060. The smallest absolute Gasteiger partial charge is 0.226 e. The van der Waals surface area contributed by atoms with Crippen molar-refractivity contribution in [2.45, 2.75) is 19.3 Å². The van der Waals surface area contributed by atoms with Crippen LogP contribution in [0, 0.1) is 6.92 Å². The molecule has 0 unspecified atom stereocenters. The number of ether oxygens (including phenoxy) is 2. The molecule has 1 aliphatic heterocycles. The summed E-state index contributed by atoms with van der Waals surface area (Å²) >= 11 is 6.38. The lowest BCUT2D eigenvalue weighted by molar-refractivity contribution is -0.116. The Morgan fingerprint density at radius 3 is 2.64 bits per heavy atom. The summed E-state index contributed by atoms with van der Waals surface area (Å²) in [6, 6.07) is 13.1. The number of methoxy groups -OCH3 is 2. The van der Waals surface area contributed by atoms with Crippen LogP contribution in [-0.4, -0.2) is 29.9 Å². The zero-order valence-corrected chi connectivity index (χ0v) is 16.6. The third-order valence-corrected chi connectivity index (χ3v) is 5.31. The van der Waals surface area contributed by atoms with Crippen molar-refractivity contribution in [3.8, 4) is 17.2 Å². The molecular weight excluding hydrogens is 378 g/mol. The van der Waals surface area contributed by atoms with Gasteiger partial charge in [0.2, 0.25) is 5.91 Å². The second-order valence-electron chi connectivity index (χ2n) is 6.60. The van der Waals surface area contributed by atoms with Crippen LogP contribution in [0.4, 0.5) is 5.82 Å². The standard InChI is InChI=1S/C21H20ClN3O3/c1-12-19-14(13-7-6-10-17(27-2)20(13)28-3)11-18(26)23-21(19)25(24-12)16-9-5-4-8-15(16)22/h4-10,14H,11H2,1-3H3,(H,23,26)/t14-/m0/s1. The molecule has 0 spiro atoms. The number of amides is 1. The van der Waals surface area contributed by atoms with Crippen LogP contribution in [0.25, 0.3) is 5.69 Å². The summed E-state index contributed by atoms with van der Waals surface area (Å²) in [7, 11) is 3.20. The van der Waals surface area contributed by atoms with E-state index in [2.05, 4.69) is 10.4 Å². The fraction of sp³-hybridized carbons (Fsp3) is 0.238. The molecule has 1 N–H and O–H groups in total. The molecule has 1 atom stereocenters. The number of carbonyl (C=O) groups excluding carboxylic acids is 1. The maximum absolute atomic E-state index is 12.6. The Kier molecular flexibility index (Phi) is 4.73. The highest BCUT2D eigenvalue weighted by Crippen LogP contribution is 2.45. The minimum absolute atomic E-state index is 0.0874. The van der Waals surface area contributed by atoms with Gasteiger partial charge in [0.05, 0.1) is 30.6 Å². The molecule has 1 aliphatic rings. The van der Waals surface area contributed by atoms with Gasteiger partial charge in [-0.3, -0.25) is 4.79 Å². The molecule has 0 fully saturated rings. The average molecular weight is 398 g/mol. The first kappa shape index (κ1) is 18.4. The first-order chi connectivity index (χ1) is 13.5. The molecule has 4 rings (SSSR count). The van der Waals surface area contributed by atoms with Crippen molar-refractivity contribution in [3.63, 3.8) is 0 Å². The maximum Gasteiger partial charge on any atom is 0.226 e. The van der Waals surface area contributed by atoms with Gasteiger partial charge >= 0.3 is 0 Å². The van der Waals surface area contributed by atoms with Crippen molar-refractivity contribution in [2.75, 3.05) is 19.5 Å². The van der Waals surface area contributed by atoms with Gasteiger partial charge in [0.15, 0.2) is 11.5 Å². The molecule has 1 amide bonds. The van der Waals surface area contributed by atoms with Crippen LogP contribution >= 0.6 is 11.6 Å². The molecule has 0 aliphatic carbocycles. The molecule has 0 radical (unpaired) electrons. The van der Waals surface area contributed by atoms with E-state index in [1.807, 2.05) is 43.3 Å². The summed E-state index contributed by atoms with van der Waals surface area (Å²) in [5.74, 6) is 1.60. The lowest BCUT2D eigenvalue weighted by Crippen LogP contribution is -2.25. The number of aryl methyl sites for hydroxylation is 1. The number of halogens is 1. The average Bonchev–Trinajstić information content (AvgIpc) is 3.03. The fourth-order valence-electron chi connectivity index (χ4n) is 3.80. The Hall–Kier alpha value is -2.99. The van der Waals surface area contributed by atoms with E-state index in [9.17, 15) is 4.79 Å². The molecule has 0 saturated heterocycles. The largest absolute Gasteiger partial charge is 0.493 e. The first-order valence-corrected chi connectivity index (χ1v) is 9.28. The summed E-state index contributed by atoms with van der Waals surface area (Å²) < 4.78 is 12.8. The van der Waals surface area contributed by atoms with E-state index in [0.717, 1.165) is 16.8 Å². The molecule has 0 saturated carbocycles. The third kappa shape index (κ3) is 2.90. The van der Waals surface area contributed by atoms with Gasteiger partial charge in [-0.1, -0.05) is 35.9 Å². The molecule has 2 aromatic carbocycles. The summed E-state index contributed by atoms with van der Waals surface area (Å²) in [5.41, 5.74) is 3.38. The predicted molar refractivity (Wildman–Crippen MR) is 108 cm³/mol. The van der Waals surface area contributed by atoms with E-state index in [-0.39, 0.29) is 11.8 Å². The second-order valence-corrected chi connectivity index (χ2v) is 7.01. The van der Waals surface area contributed by atoms with Gasteiger partial charge < -0.3 is 14.8 Å². The minimum atomic E-state index is -0.204. The van der Waals surface area contributed by atoms with Crippen LogP contribution in [0.3, 0.4) is 0 Å². The first-order valence-electron chi connectivity index (χ1n) is 8.90. The van der Waals surface area contributed by atoms with Gasteiger partial charge in [-0.25, -0.2) is 4.68 Å². The van der Waals surface area contributed by atoms with Crippen LogP contribution in [0.1, 0.15) is 29.2 Å². The zero-order valence-electron chi connectivity index (χ0n) is 15.8. The van der Waals surface area contributed by atoms with E-state index in [1.54, 1.807) is 25.0 Å². The van der Waals surface area contributed by atoms with E-state index in [0.29, 0.717) is 34.4 Å². The van der Waals surface area contributed by atoms with Crippen LogP contribution in [-0.2, 0) is 4.79 Å². The van der Waals surface area contributed by atoms with Gasteiger partial charge in [-0.05, 0) is 25.1 Å².